The Hall–Kier alpha value is -5.38. The number of para-hydroxylation sites is 2. The van der Waals surface area contributed by atoms with Crippen molar-refractivity contribution in [1.82, 2.24) is 9.13 Å². The van der Waals surface area contributed by atoms with E-state index in [1.165, 1.54) is 85.9 Å². The fraction of sp³-hybridized carbons (Fsp3) is 0. The van der Waals surface area contributed by atoms with Crippen molar-refractivity contribution in [1.29, 1.82) is 0 Å². The lowest BCUT2D eigenvalue weighted by Gasteiger charge is -2.11. The molecule has 43 heavy (non-hydrogen) atoms. The molecule has 10 aromatic rings. The van der Waals surface area contributed by atoms with Crippen molar-refractivity contribution in [2.45, 2.75) is 0 Å². The summed E-state index contributed by atoms with van der Waals surface area (Å²) in [5.74, 6) is 0. The van der Waals surface area contributed by atoms with Gasteiger partial charge in [0.25, 0.3) is 0 Å². The molecule has 2 nitrogen and oxygen atoms in total. The monoisotopic (exact) mass is 564 g/mol. The van der Waals surface area contributed by atoms with E-state index in [0.717, 1.165) is 0 Å². The van der Waals surface area contributed by atoms with Crippen LogP contribution in [-0.2, 0) is 0 Å². The van der Waals surface area contributed by atoms with Crippen molar-refractivity contribution < 1.29 is 0 Å². The third-order valence-electron chi connectivity index (χ3n) is 9.09. The Balaban J connectivity index is 1.46. The van der Waals surface area contributed by atoms with Gasteiger partial charge in [0.1, 0.15) is 0 Å². The number of rotatable bonds is 2. The Morgan fingerprint density at radius 3 is 1.98 bits per heavy atom. The van der Waals surface area contributed by atoms with Crippen molar-refractivity contribution in [3.8, 4) is 11.4 Å². The van der Waals surface area contributed by atoms with Crippen LogP contribution >= 0.6 is 11.3 Å². The van der Waals surface area contributed by atoms with Crippen molar-refractivity contribution in [3.05, 3.63) is 146 Å². The largest absolute Gasteiger partial charge is 0.309 e. The van der Waals surface area contributed by atoms with Crippen LogP contribution in [-0.4, -0.2) is 9.13 Å². The van der Waals surface area contributed by atoms with Crippen molar-refractivity contribution in [2.75, 3.05) is 0 Å². The normalized spacial score (nSPS) is 12.2. The Kier molecular flexibility index (Phi) is 4.63. The summed E-state index contributed by atoms with van der Waals surface area (Å²) in [4.78, 5) is 0. The third-order valence-corrected chi connectivity index (χ3v) is 10.2. The van der Waals surface area contributed by atoms with Crippen LogP contribution in [0.4, 0.5) is 0 Å². The van der Waals surface area contributed by atoms with Gasteiger partial charge in [0.2, 0.25) is 0 Å². The van der Waals surface area contributed by atoms with E-state index in [1.54, 1.807) is 0 Å². The number of hydrogen-bond acceptors (Lipinski definition) is 1. The molecule has 10 rings (SSSR count). The van der Waals surface area contributed by atoms with Crippen LogP contribution in [0.5, 0.6) is 0 Å². The van der Waals surface area contributed by atoms with E-state index in [0.29, 0.717) is 0 Å². The lowest BCUT2D eigenvalue weighted by atomic mass is 10.0. The number of hydrogen-bond donors (Lipinski definition) is 0. The Bertz CT molecular complexity index is 2720. The Morgan fingerprint density at radius 2 is 1.07 bits per heavy atom. The highest BCUT2D eigenvalue weighted by Gasteiger charge is 2.23. The van der Waals surface area contributed by atoms with Crippen molar-refractivity contribution >= 4 is 85.9 Å². The molecule has 7 aromatic carbocycles. The van der Waals surface area contributed by atoms with Gasteiger partial charge in [-0.3, -0.25) is 0 Å². The van der Waals surface area contributed by atoms with E-state index in [9.17, 15) is 0 Å². The maximum atomic E-state index is 2.50. The van der Waals surface area contributed by atoms with Gasteiger partial charge >= 0.3 is 0 Å². The minimum Gasteiger partial charge on any atom is -0.309 e. The molecule has 0 saturated carbocycles. The molecule has 3 heteroatoms. The summed E-state index contributed by atoms with van der Waals surface area (Å²) in [6, 6.07) is 53.3. The number of fused-ring (bicyclic) bond motifs is 12. The van der Waals surface area contributed by atoms with E-state index >= 15 is 0 Å². The quantitative estimate of drug-likeness (QED) is 0.198. The molecule has 0 amide bonds. The summed E-state index contributed by atoms with van der Waals surface area (Å²) in [6.07, 6.45) is 0. The first-order valence-electron chi connectivity index (χ1n) is 14.7. The molecule has 0 fully saturated rings. The molecule has 0 aliphatic heterocycles. The first kappa shape index (κ1) is 23.2. The van der Waals surface area contributed by atoms with Gasteiger partial charge in [0, 0.05) is 47.4 Å². The minimum absolute atomic E-state index is 1.17. The van der Waals surface area contributed by atoms with Crippen LogP contribution in [0.1, 0.15) is 0 Å². The second-order valence-electron chi connectivity index (χ2n) is 11.3. The average Bonchev–Trinajstić information content (AvgIpc) is 3.73. The van der Waals surface area contributed by atoms with Gasteiger partial charge in [-0.05, 0) is 59.3 Å². The van der Waals surface area contributed by atoms with Gasteiger partial charge in [0.15, 0.2) is 0 Å². The zero-order valence-corrected chi connectivity index (χ0v) is 24.0. The van der Waals surface area contributed by atoms with Gasteiger partial charge in [0.05, 0.1) is 27.8 Å². The molecule has 3 heterocycles. The number of benzene rings is 7. The summed E-state index contributed by atoms with van der Waals surface area (Å²) in [5, 5.41) is 10.3. The van der Waals surface area contributed by atoms with Crippen molar-refractivity contribution in [3.63, 3.8) is 0 Å². The van der Waals surface area contributed by atoms with Crippen molar-refractivity contribution in [2.24, 2.45) is 0 Å². The molecular weight excluding hydrogens is 541 g/mol. The summed E-state index contributed by atoms with van der Waals surface area (Å²) in [6.45, 7) is 0. The molecule has 0 saturated heterocycles. The van der Waals surface area contributed by atoms with Gasteiger partial charge in [-0.2, -0.15) is 0 Å². The average molecular weight is 565 g/mol. The van der Waals surface area contributed by atoms with Gasteiger partial charge in [-0.25, -0.2) is 0 Å². The molecule has 0 radical (unpaired) electrons. The summed E-state index contributed by atoms with van der Waals surface area (Å²) >= 11 is 1.87. The van der Waals surface area contributed by atoms with Crippen LogP contribution in [0.2, 0.25) is 0 Å². The zero-order chi connectivity index (χ0) is 28.1. The number of nitrogens with zero attached hydrogens (tertiary/aromatic N) is 2. The molecule has 0 atom stereocenters. The SMILES string of the molecule is c1ccc(-n2c3ccc4ccccc4c3c3ccc4c(c5ccccc5n4-c4cccc5sc6ccccc6c45)c32)cc1. The van der Waals surface area contributed by atoms with E-state index < -0.39 is 0 Å². The van der Waals surface area contributed by atoms with Crippen LogP contribution in [0, 0.1) is 0 Å². The summed E-state index contributed by atoms with van der Waals surface area (Å²) in [5.41, 5.74) is 7.34. The molecule has 0 aliphatic rings. The lowest BCUT2D eigenvalue weighted by Crippen LogP contribution is -1.95. The maximum absolute atomic E-state index is 2.50. The Labute approximate surface area is 251 Å². The molecule has 0 bridgehead atoms. The second-order valence-corrected chi connectivity index (χ2v) is 12.4. The highest BCUT2D eigenvalue weighted by Crippen LogP contribution is 2.45. The fourth-order valence-electron chi connectivity index (χ4n) is 7.37. The van der Waals surface area contributed by atoms with Crippen LogP contribution in [0.15, 0.2) is 146 Å². The molecule has 200 valence electrons. The van der Waals surface area contributed by atoms with E-state index in [1.807, 2.05) is 11.3 Å². The Morgan fingerprint density at radius 1 is 0.372 bits per heavy atom. The van der Waals surface area contributed by atoms with E-state index in [2.05, 4.69) is 155 Å². The predicted molar refractivity (Wildman–Crippen MR) is 186 cm³/mol. The smallest absolute Gasteiger partial charge is 0.0641 e. The highest BCUT2D eigenvalue weighted by molar-refractivity contribution is 7.25. The molecule has 3 aromatic heterocycles. The van der Waals surface area contributed by atoms with Gasteiger partial charge < -0.3 is 9.13 Å². The topological polar surface area (TPSA) is 9.86 Å². The summed E-state index contributed by atoms with van der Waals surface area (Å²) in [7, 11) is 0. The zero-order valence-electron chi connectivity index (χ0n) is 23.2. The minimum atomic E-state index is 1.17. The van der Waals surface area contributed by atoms with Crippen LogP contribution in [0.25, 0.3) is 85.9 Å². The standard InChI is InChI=1S/C40H24N2S/c1-2-12-26(13-3-1)41-33-23-21-25-11-4-5-14-27(25)37(33)30-22-24-34-39(40(30)41)28-15-6-8-17-31(28)42(34)32-18-10-20-36-38(32)29-16-7-9-19-35(29)43-36/h1-24H. The van der Waals surface area contributed by atoms with Crippen LogP contribution in [0.3, 0.4) is 0 Å². The number of thiophene rings is 1. The second kappa shape index (κ2) is 8.57. The fourth-order valence-corrected chi connectivity index (χ4v) is 8.50. The predicted octanol–water partition coefficient (Wildman–Crippen LogP) is 11.4. The molecule has 0 spiro atoms. The summed E-state index contributed by atoms with van der Waals surface area (Å²) < 4.78 is 7.62. The van der Waals surface area contributed by atoms with Crippen LogP contribution < -0.4 is 0 Å². The lowest BCUT2D eigenvalue weighted by molar-refractivity contribution is 1.18. The van der Waals surface area contributed by atoms with E-state index in [-0.39, 0.29) is 0 Å². The first-order chi connectivity index (χ1) is 21.4. The molecule has 0 unspecified atom stereocenters. The third kappa shape index (κ3) is 3.07. The maximum Gasteiger partial charge on any atom is 0.0641 e. The van der Waals surface area contributed by atoms with E-state index in [4.69, 9.17) is 0 Å². The highest BCUT2D eigenvalue weighted by atomic mass is 32.1. The van der Waals surface area contributed by atoms with Gasteiger partial charge in [-0.1, -0.05) is 97.1 Å². The van der Waals surface area contributed by atoms with Gasteiger partial charge in [-0.15, -0.1) is 11.3 Å². The number of aromatic nitrogens is 2. The molecule has 0 N–H and O–H groups in total. The molecule has 0 aliphatic carbocycles. The molecular formula is C40H24N2S. The first-order valence-corrected chi connectivity index (χ1v) is 15.5.